The number of rotatable bonds is 9. The van der Waals surface area contributed by atoms with Crippen LogP contribution in [0, 0.1) is 0 Å². The van der Waals surface area contributed by atoms with E-state index in [0.29, 0.717) is 0 Å². The summed E-state index contributed by atoms with van der Waals surface area (Å²) in [6.07, 6.45) is 2.18. The SMILES string of the molecule is c1ccc(Cn2cc(CNCc3ccccc3CN3CCOCC3)c(-c3ccccc3)n2)cc1. The van der Waals surface area contributed by atoms with E-state index in [1.54, 1.807) is 0 Å². The summed E-state index contributed by atoms with van der Waals surface area (Å²) in [6, 6.07) is 29.7. The Morgan fingerprint density at radius 3 is 2.12 bits per heavy atom. The van der Waals surface area contributed by atoms with E-state index >= 15 is 0 Å². The number of ether oxygens (including phenoxy) is 1. The minimum absolute atomic E-state index is 0.767. The molecule has 0 radical (unpaired) electrons. The Bertz CT molecular complexity index is 1170. The molecule has 1 saturated heterocycles. The lowest BCUT2D eigenvalue weighted by molar-refractivity contribution is 0.0340. The first-order chi connectivity index (χ1) is 16.8. The summed E-state index contributed by atoms with van der Waals surface area (Å²) in [5.41, 5.74) is 7.41. The zero-order valence-electron chi connectivity index (χ0n) is 19.6. The lowest BCUT2D eigenvalue weighted by atomic mass is 10.1. The Balaban J connectivity index is 1.29. The van der Waals surface area contributed by atoms with Gasteiger partial charge in [0.1, 0.15) is 0 Å². The fraction of sp³-hybridized carbons (Fsp3) is 0.276. The molecule has 0 amide bonds. The minimum atomic E-state index is 0.767. The second kappa shape index (κ2) is 11.3. The van der Waals surface area contributed by atoms with Crippen LogP contribution in [0.25, 0.3) is 11.3 Å². The third-order valence-electron chi connectivity index (χ3n) is 6.32. The molecule has 1 aliphatic heterocycles. The van der Waals surface area contributed by atoms with Gasteiger partial charge in [-0.3, -0.25) is 9.58 Å². The third-order valence-corrected chi connectivity index (χ3v) is 6.32. The predicted molar refractivity (Wildman–Crippen MR) is 136 cm³/mol. The molecule has 0 aliphatic carbocycles. The van der Waals surface area contributed by atoms with Crippen molar-refractivity contribution in [1.82, 2.24) is 20.0 Å². The zero-order valence-corrected chi connectivity index (χ0v) is 19.6. The van der Waals surface area contributed by atoms with Gasteiger partial charge in [-0.2, -0.15) is 5.10 Å². The number of nitrogens with one attached hydrogen (secondary N) is 1. The van der Waals surface area contributed by atoms with Gasteiger partial charge in [0, 0.05) is 50.0 Å². The smallest absolute Gasteiger partial charge is 0.0968 e. The van der Waals surface area contributed by atoms with E-state index in [9.17, 15) is 0 Å². The molecule has 0 atom stereocenters. The average Bonchev–Trinajstić information content (AvgIpc) is 3.29. The highest BCUT2D eigenvalue weighted by atomic mass is 16.5. The van der Waals surface area contributed by atoms with Crippen molar-refractivity contribution in [1.29, 1.82) is 0 Å². The minimum Gasteiger partial charge on any atom is -0.379 e. The number of nitrogens with zero attached hydrogens (tertiary/aromatic N) is 3. The van der Waals surface area contributed by atoms with Crippen molar-refractivity contribution in [2.45, 2.75) is 26.2 Å². The third kappa shape index (κ3) is 5.81. The van der Waals surface area contributed by atoms with Crippen LogP contribution >= 0.6 is 0 Å². The largest absolute Gasteiger partial charge is 0.379 e. The van der Waals surface area contributed by atoms with E-state index in [1.165, 1.54) is 22.3 Å². The Morgan fingerprint density at radius 2 is 1.35 bits per heavy atom. The van der Waals surface area contributed by atoms with Gasteiger partial charge in [-0.1, -0.05) is 84.9 Å². The molecule has 0 saturated carbocycles. The molecule has 1 fully saturated rings. The summed E-state index contributed by atoms with van der Waals surface area (Å²) in [6.45, 7) is 7.01. The van der Waals surface area contributed by atoms with Crippen LogP contribution in [-0.2, 0) is 30.9 Å². The summed E-state index contributed by atoms with van der Waals surface area (Å²) >= 11 is 0. The molecule has 5 rings (SSSR count). The molecule has 3 aromatic carbocycles. The highest BCUT2D eigenvalue weighted by Gasteiger charge is 2.14. The summed E-state index contributed by atoms with van der Waals surface area (Å²) in [4.78, 5) is 2.48. The molecule has 4 aromatic rings. The van der Waals surface area contributed by atoms with Crippen molar-refractivity contribution in [2.75, 3.05) is 26.3 Å². The monoisotopic (exact) mass is 452 g/mol. The lowest BCUT2D eigenvalue weighted by Crippen LogP contribution is -2.36. The molecule has 1 aliphatic rings. The number of morpholine rings is 1. The van der Waals surface area contributed by atoms with Crippen molar-refractivity contribution in [3.63, 3.8) is 0 Å². The fourth-order valence-electron chi connectivity index (χ4n) is 4.50. The highest BCUT2D eigenvalue weighted by Crippen LogP contribution is 2.23. The van der Waals surface area contributed by atoms with Crippen LogP contribution in [0.4, 0.5) is 0 Å². The Labute approximate surface area is 202 Å². The van der Waals surface area contributed by atoms with Crippen LogP contribution in [0.5, 0.6) is 0 Å². The maximum atomic E-state index is 5.51. The van der Waals surface area contributed by atoms with Gasteiger partial charge in [-0.25, -0.2) is 0 Å². The predicted octanol–water partition coefficient (Wildman–Crippen LogP) is 4.72. The first kappa shape index (κ1) is 22.5. The number of hydrogen-bond donors (Lipinski definition) is 1. The van der Waals surface area contributed by atoms with Gasteiger partial charge in [0.15, 0.2) is 0 Å². The van der Waals surface area contributed by atoms with Crippen molar-refractivity contribution >= 4 is 0 Å². The summed E-state index contributed by atoms with van der Waals surface area (Å²) in [7, 11) is 0. The van der Waals surface area contributed by atoms with Gasteiger partial charge in [0.05, 0.1) is 25.5 Å². The maximum Gasteiger partial charge on any atom is 0.0968 e. The van der Waals surface area contributed by atoms with E-state index in [-0.39, 0.29) is 0 Å². The molecule has 0 unspecified atom stereocenters. The Morgan fingerprint density at radius 1 is 0.706 bits per heavy atom. The Kier molecular flexibility index (Phi) is 7.46. The van der Waals surface area contributed by atoms with E-state index in [4.69, 9.17) is 9.84 Å². The molecule has 34 heavy (non-hydrogen) atoms. The van der Waals surface area contributed by atoms with Crippen LogP contribution in [-0.4, -0.2) is 41.0 Å². The zero-order chi connectivity index (χ0) is 23.0. The van der Waals surface area contributed by atoms with Crippen LogP contribution in [0.15, 0.2) is 91.1 Å². The second-order valence-corrected chi connectivity index (χ2v) is 8.81. The van der Waals surface area contributed by atoms with Gasteiger partial charge in [-0.05, 0) is 16.7 Å². The van der Waals surface area contributed by atoms with Crippen molar-refractivity contribution < 1.29 is 4.74 Å². The van der Waals surface area contributed by atoms with Crippen LogP contribution < -0.4 is 5.32 Å². The quantitative estimate of drug-likeness (QED) is 0.399. The molecular formula is C29H32N4O. The standard InChI is InChI=1S/C29H32N4O/c1-3-9-24(10-4-1)21-33-23-28(29(31-33)25-11-5-2-6-12-25)20-30-19-26-13-7-8-14-27(26)22-32-15-17-34-18-16-32/h1-14,23,30H,15-22H2. The van der Waals surface area contributed by atoms with E-state index < -0.39 is 0 Å². The lowest BCUT2D eigenvalue weighted by Gasteiger charge is -2.27. The molecule has 0 bridgehead atoms. The van der Waals surface area contributed by atoms with Gasteiger partial charge in [-0.15, -0.1) is 0 Å². The normalized spacial score (nSPS) is 14.4. The Hall–Kier alpha value is -3.25. The molecule has 1 aromatic heterocycles. The van der Waals surface area contributed by atoms with Crippen LogP contribution in [0.2, 0.25) is 0 Å². The van der Waals surface area contributed by atoms with Crippen molar-refractivity contribution in [3.8, 4) is 11.3 Å². The first-order valence-corrected chi connectivity index (χ1v) is 12.1. The first-order valence-electron chi connectivity index (χ1n) is 12.1. The number of benzene rings is 3. The van der Waals surface area contributed by atoms with Crippen molar-refractivity contribution in [2.24, 2.45) is 0 Å². The van der Waals surface area contributed by atoms with E-state index in [2.05, 4.69) is 93.9 Å². The van der Waals surface area contributed by atoms with E-state index in [0.717, 1.165) is 63.7 Å². The molecule has 2 heterocycles. The van der Waals surface area contributed by atoms with Gasteiger partial charge < -0.3 is 10.1 Å². The highest BCUT2D eigenvalue weighted by molar-refractivity contribution is 5.62. The van der Waals surface area contributed by atoms with Gasteiger partial charge >= 0.3 is 0 Å². The van der Waals surface area contributed by atoms with Gasteiger partial charge in [0.25, 0.3) is 0 Å². The number of aromatic nitrogens is 2. The summed E-state index contributed by atoms with van der Waals surface area (Å²) in [5, 5.41) is 8.64. The summed E-state index contributed by atoms with van der Waals surface area (Å²) < 4.78 is 7.56. The molecule has 174 valence electrons. The van der Waals surface area contributed by atoms with E-state index in [1.807, 2.05) is 12.1 Å². The molecule has 5 heteroatoms. The van der Waals surface area contributed by atoms with Crippen LogP contribution in [0.3, 0.4) is 0 Å². The second-order valence-electron chi connectivity index (χ2n) is 8.81. The molecule has 0 spiro atoms. The van der Waals surface area contributed by atoms with Crippen molar-refractivity contribution in [3.05, 3.63) is 113 Å². The molecule has 1 N–H and O–H groups in total. The topological polar surface area (TPSA) is 42.3 Å². The number of hydrogen-bond acceptors (Lipinski definition) is 4. The molecule has 5 nitrogen and oxygen atoms in total. The fourth-order valence-corrected chi connectivity index (χ4v) is 4.50. The summed E-state index contributed by atoms with van der Waals surface area (Å²) in [5.74, 6) is 0. The molecular weight excluding hydrogens is 420 g/mol. The maximum absolute atomic E-state index is 5.51. The van der Waals surface area contributed by atoms with Crippen LogP contribution in [0.1, 0.15) is 22.3 Å². The van der Waals surface area contributed by atoms with Gasteiger partial charge in [0.2, 0.25) is 0 Å². The average molecular weight is 453 g/mol.